The zero-order valence-electron chi connectivity index (χ0n) is 7.95. The summed E-state index contributed by atoms with van der Waals surface area (Å²) in [6.07, 6.45) is -4.69. The lowest BCUT2D eigenvalue weighted by Crippen LogP contribution is -2.30. The standard InChI is InChI=1S/C7H9F3N2O3/c1-11(4-13)6(14)3-5(12(2)15)7(8,9)10/h3-4,15H,1-2H3/b5-3-. The van der Waals surface area contributed by atoms with Gasteiger partial charge in [0.05, 0.1) is 0 Å². The van der Waals surface area contributed by atoms with E-state index in [0.29, 0.717) is 11.9 Å². The Hall–Kier alpha value is -1.57. The van der Waals surface area contributed by atoms with Crippen LogP contribution in [-0.4, -0.2) is 47.8 Å². The summed E-state index contributed by atoms with van der Waals surface area (Å²) in [6, 6.07) is 0. The van der Waals surface area contributed by atoms with E-state index in [2.05, 4.69) is 0 Å². The molecule has 0 aliphatic rings. The lowest BCUT2D eigenvalue weighted by molar-refractivity contribution is -0.157. The normalized spacial score (nSPS) is 12.3. The summed E-state index contributed by atoms with van der Waals surface area (Å²) in [5.74, 6) is -1.18. The molecule has 0 aliphatic heterocycles. The van der Waals surface area contributed by atoms with Crippen LogP contribution in [0, 0.1) is 0 Å². The van der Waals surface area contributed by atoms with E-state index in [4.69, 9.17) is 5.21 Å². The number of amides is 2. The van der Waals surface area contributed by atoms with E-state index in [1.165, 1.54) is 0 Å². The Kier molecular flexibility index (Phi) is 4.28. The predicted octanol–water partition coefficient (Wildman–Crippen LogP) is 0.368. The summed E-state index contributed by atoms with van der Waals surface area (Å²) in [5, 5.41) is 8.40. The van der Waals surface area contributed by atoms with Gasteiger partial charge in [-0.15, -0.1) is 0 Å². The molecule has 5 nitrogen and oxygen atoms in total. The first-order valence-corrected chi connectivity index (χ1v) is 3.63. The molecular formula is C7H9F3N2O3. The van der Waals surface area contributed by atoms with Crippen molar-refractivity contribution in [2.45, 2.75) is 6.18 Å². The topological polar surface area (TPSA) is 60.9 Å². The van der Waals surface area contributed by atoms with Gasteiger partial charge in [0.15, 0.2) is 0 Å². The van der Waals surface area contributed by atoms with Crippen molar-refractivity contribution in [2.24, 2.45) is 0 Å². The Morgan fingerprint density at radius 3 is 2.07 bits per heavy atom. The second-order valence-electron chi connectivity index (χ2n) is 2.61. The minimum Gasteiger partial charge on any atom is -0.289 e. The van der Waals surface area contributed by atoms with E-state index in [1.54, 1.807) is 0 Å². The van der Waals surface area contributed by atoms with Crippen LogP contribution in [0.1, 0.15) is 0 Å². The molecule has 0 aromatic carbocycles. The number of allylic oxidation sites excluding steroid dienone is 1. The van der Waals surface area contributed by atoms with Crippen LogP contribution in [0.2, 0.25) is 0 Å². The molecule has 0 aromatic heterocycles. The van der Waals surface area contributed by atoms with Crippen molar-refractivity contribution in [3.05, 3.63) is 11.8 Å². The van der Waals surface area contributed by atoms with Crippen molar-refractivity contribution >= 4 is 12.3 Å². The van der Waals surface area contributed by atoms with E-state index in [0.717, 1.165) is 7.05 Å². The van der Waals surface area contributed by atoms with Gasteiger partial charge >= 0.3 is 6.18 Å². The number of nitrogens with zero attached hydrogens (tertiary/aromatic N) is 2. The number of halogens is 3. The van der Waals surface area contributed by atoms with Gasteiger partial charge in [-0.2, -0.15) is 13.2 Å². The van der Waals surface area contributed by atoms with Crippen molar-refractivity contribution in [2.75, 3.05) is 14.1 Å². The number of hydroxylamine groups is 2. The minimum absolute atomic E-state index is 0.0597. The summed E-state index contributed by atoms with van der Waals surface area (Å²) >= 11 is 0. The molecule has 8 heteroatoms. The molecule has 0 unspecified atom stereocenters. The van der Waals surface area contributed by atoms with Crippen LogP contribution < -0.4 is 0 Å². The van der Waals surface area contributed by atoms with Gasteiger partial charge in [0.25, 0.3) is 5.91 Å². The van der Waals surface area contributed by atoms with Crippen molar-refractivity contribution in [3.63, 3.8) is 0 Å². The maximum Gasteiger partial charge on any atom is 0.433 e. The average molecular weight is 226 g/mol. The summed E-state index contributed by atoms with van der Waals surface area (Å²) in [6.45, 7) is 0. The van der Waals surface area contributed by atoms with Gasteiger partial charge in [0, 0.05) is 20.2 Å². The monoisotopic (exact) mass is 226 g/mol. The van der Waals surface area contributed by atoms with Gasteiger partial charge in [0.1, 0.15) is 5.70 Å². The van der Waals surface area contributed by atoms with Crippen molar-refractivity contribution in [1.29, 1.82) is 0 Å². The second-order valence-corrected chi connectivity index (χ2v) is 2.61. The van der Waals surface area contributed by atoms with E-state index in [-0.39, 0.29) is 17.5 Å². The Morgan fingerprint density at radius 2 is 1.80 bits per heavy atom. The molecule has 0 radical (unpaired) electrons. The molecule has 0 saturated heterocycles. The van der Waals surface area contributed by atoms with E-state index >= 15 is 0 Å². The molecule has 0 spiro atoms. The van der Waals surface area contributed by atoms with Gasteiger partial charge < -0.3 is 0 Å². The number of hydrogen-bond acceptors (Lipinski definition) is 4. The Bertz CT molecular complexity index is 286. The zero-order chi connectivity index (χ0) is 12.2. The highest BCUT2D eigenvalue weighted by atomic mass is 19.4. The van der Waals surface area contributed by atoms with E-state index in [1.807, 2.05) is 0 Å². The number of carbonyl (C=O) groups is 2. The number of imide groups is 1. The SMILES string of the molecule is CN(C=O)C(=O)/C=C(\N(C)O)C(F)(F)F. The van der Waals surface area contributed by atoms with Gasteiger partial charge in [-0.3, -0.25) is 24.8 Å². The van der Waals surface area contributed by atoms with Crippen LogP contribution in [0.3, 0.4) is 0 Å². The first kappa shape index (κ1) is 13.4. The number of likely N-dealkylation sites (N-methyl/N-ethyl adjacent to an activating group) is 1. The van der Waals surface area contributed by atoms with Gasteiger partial charge in [-0.1, -0.05) is 0 Å². The molecule has 0 aliphatic carbocycles. The van der Waals surface area contributed by atoms with Crippen LogP contribution in [0.5, 0.6) is 0 Å². The van der Waals surface area contributed by atoms with Crippen molar-refractivity contribution < 1.29 is 28.0 Å². The lowest BCUT2D eigenvalue weighted by atomic mass is 10.3. The first-order chi connectivity index (χ1) is 6.70. The Morgan fingerprint density at radius 1 is 1.33 bits per heavy atom. The second kappa shape index (κ2) is 4.78. The number of carbonyl (C=O) groups excluding carboxylic acids is 2. The molecule has 86 valence electrons. The smallest absolute Gasteiger partial charge is 0.289 e. The molecule has 0 saturated carbocycles. The highest BCUT2D eigenvalue weighted by Crippen LogP contribution is 2.26. The number of hydrogen-bond donors (Lipinski definition) is 1. The summed E-state index contributed by atoms with van der Waals surface area (Å²) in [4.78, 5) is 21.4. The van der Waals surface area contributed by atoms with Crippen molar-refractivity contribution in [3.8, 4) is 0 Å². The number of alkyl halides is 3. The largest absolute Gasteiger partial charge is 0.433 e. The fourth-order valence-electron chi connectivity index (χ4n) is 0.629. The van der Waals surface area contributed by atoms with Crippen LogP contribution in [0.4, 0.5) is 13.2 Å². The summed E-state index contributed by atoms with van der Waals surface area (Å²) in [5.41, 5.74) is -1.55. The molecular weight excluding hydrogens is 217 g/mol. The van der Waals surface area contributed by atoms with Gasteiger partial charge in [0.2, 0.25) is 6.41 Å². The molecule has 1 N–H and O–H groups in total. The first-order valence-electron chi connectivity index (χ1n) is 3.63. The van der Waals surface area contributed by atoms with Crippen molar-refractivity contribution in [1.82, 2.24) is 9.96 Å². The Balaban J connectivity index is 5.02. The average Bonchev–Trinajstić information content (AvgIpc) is 2.09. The lowest BCUT2D eigenvalue weighted by Gasteiger charge is -2.18. The Labute approximate surface area is 83.3 Å². The molecule has 0 rings (SSSR count). The predicted molar refractivity (Wildman–Crippen MR) is 42.5 cm³/mol. The third kappa shape index (κ3) is 3.98. The molecule has 0 fully saturated rings. The zero-order valence-corrected chi connectivity index (χ0v) is 7.95. The third-order valence-corrected chi connectivity index (χ3v) is 1.41. The van der Waals surface area contributed by atoms with Gasteiger partial charge in [-0.25, -0.2) is 0 Å². The molecule has 0 aromatic rings. The maximum atomic E-state index is 12.2. The number of rotatable bonds is 3. The summed E-state index contributed by atoms with van der Waals surface area (Å²) < 4.78 is 36.5. The fraction of sp³-hybridized carbons (Fsp3) is 0.429. The fourth-order valence-corrected chi connectivity index (χ4v) is 0.629. The van der Waals surface area contributed by atoms with E-state index in [9.17, 15) is 22.8 Å². The van der Waals surface area contributed by atoms with Gasteiger partial charge in [-0.05, 0) is 0 Å². The summed E-state index contributed by atoms with van der Waals surface area (Å²) in [7, 11) is 1.71. The third-order valence-electron chi connectivity index (χ3n) is 1.41. The molecule has 0 heterocycles. The minimum atomic E-state index is -4.87. The molecule has 0 bridgehead atoms. The quantitative estimate of drug-likeness (QED) is 0.429. The van der Waals surface area contributed by atoms with E-state index < -0.39 is 17.8 Å². The van der Waals surface area contributed by atoms with Crippen LogP contribution >= 0.6 is 0 Å². The molecule has 0 atom stereocenters. The van der Waals surface area contributed by atoms with Crippen LogP contribution in [-0.2, 0) is 9.59 Å². The molecule has 15 heavy (non-hydrogen) atoms. The highest BCUT2D eigenvalue weighted by molar-refractivity contribution is 5.94. The molecule has 2 amide bonds. The highest BCUT2D eigenvalue weighted by Gasteiger charge is 2.37. The van der Waals surface area contributed by atoms with Crippen LogP contribution in [0.25, 0.3) is 0 Å². The maximum absolute atomic E-state index is 12.2. The van der Waals surface area contributed by atoms with Crippen LogP contribution in [0.15, 0.2) is 11.8 Å².